The normalized spacial score (nSPS) is 21.3. The van der Waals surface area contributed by atoms with Crippen LogP contribution < -0.4 is 16.0 Å². The van der Waals surface area contributed by atoms with E-state index in [9.17, 15) is 15.3 Å². The second-order valence-corrected chi connectivity index (χ2v) is 9.05. The highest BCUT2D eigenvalue weighted by Gasteiger charge is 2.47. The van der Waals surface area contributed by atoms with Crippen molar-refractivity contribution in [2.24, 2.45) is 5.73 Å². The Balaban J connectivity index is 1.49. The van der Waals surface area contributed by atoms with E-state index in [0.717, 1.165) is 11.3 Å². The third-order valence-electron chi connectivity index (χ3n) is 6.55. The predicted molar refractivity (Wildman–Crippen MR) is 138 cm³/mol. The van der Waals surface area contributed by atoms with Gasteiger partial charge in [-0.25, -0.2) is 4.98 Å². The number of aromatic nitrogens is 5. The number of aliphatic hydroxyl groups is 3. The zero-order valence-corrected chi connectivity index (χ0v) is 21.0. The van der Waals surface area contributed by atoms with Gasteiger partial charge < -0.3 is 40.5 Å². The van der Waals surface area contributed by atoms with Gasteiger partial charge in [0.15, 0.2) is 29.0 Å². The average Bonchev–Trinajstić information content (AvgIpc) is 3.66. The predicted octanol–water partition coefficient (Wildman–Crippen LogP) is 0.738. The summed E-state index contributed by atoms with van der Waals surface area (Å²) in [4.78, 5) is 15.4. The van der Waals surface area contributed by atoms with Gasteiger partial charge >= 0.3 is 0 Å². The van der Waals surface area contributed by atoms with Crippen LogP contribution >= 0.6 is 0 Å². The number of imidazole rings is 1. The minimum atomic E-state index is -1.29. The molecule has 0 radical (unpaired) electrons. The summed E-state index contributed by atoms with van der Waals surface area (Å²) in [7, 11) is 0. The third kappa shape index (κ3) is 5.06. The molecule has 0 unspecified atom stereocenters. The maximum atomic E-state index is 10.9. The highest BCUT2D eigenvalue weighted by atomic mass is 16.6. The Labute approximate surface area is 218 Å². The fourth-order valence-electron chi connectivity index (χ4n) is 4.48. The summed E-state index contributed by atoms with van der Waals surface area (Å²) in [5, 5.41) is 39.0. The average molecular weight is 525 g/mol. The first-order valence-corrected chi connectivity index (χ1v) is 12.6. The van der Waals surface area contributed by atoms with Crippen molar-refractivity contribution >= 4 is 22.9 Å². The number of ether oxygens (including phenoxy) is 1. The Kier molecular flexibility index (Phi) is 7.81. The van der Waals surface area contributed by atoms with Gasteiger partial charge in [0.05, 0.1) is 12.0 Å². The van der Waals surface area contributed by atoms with E-state index in [1.54, 1.807) is 15.5 Å². The van der Waals surface area contributed by atoms with Crippen LogP contribution in [0.25, 0.3) is 11.2 Å². The van der Waals surface area contributed by atoms with Gasteiger partial charge in [0.25, 0.3) is 0 Å². The quantitative estimate of drug-likeness (QED) is 0.174. The van der Waals surface area contributed by atoms with E-state index in [-0.39, 0.29) is 12.7 Å². The molecule has 202 valence electrons. The molecule has 1 aliphatic rings. The van der Waals surface area contributed by atoms with Gasteiger partial charge in [-0.05, 0) is 18.4 Å². The molecule has 13 nitrogen and oxygen atoms in total. The number of nitrogens with zero attached hydrogens (tertiary/aromatic N) is 6. The molecule has 1 fully saturated rings. The van der Waals surface area contributed by atoms with Crippen molar-refractivity contribution in [3.8, 4) is 0 Å². The van der Waals surface area contributed by atoms with Crippen molar-refractivity contribution in [1.29, 1.82) is 0 Å². The topological polar surface area (TPSA) is 181 Å². The molecule has 0 bridgehead atoms. The van der Waals surface area contributed by atoms with Crippen LogP contribution in [0.3, 0.4) is 0 Å². The molecule has 1 aromatic carbocycles. The van der Waals surface area contributed by atoms with Crippen LogP contribution in [0, 0.1) is 0 Å². The molecule has 0 spiro atoms. The molecule has 38 heavy (non-hydrogen) atoms. The van der Waals surface area contributed by atoms with Gasteiger partial charge in [0.1, 0.15) is 25.0 Å². The summed E-state index contributed by atoms with van der Waals surface area (Å²) in [6.45, 7) is 2.91. The van der Waals surface area contributed by atoms with E-state index < -0.39 is 24.5 Å². The number of hydrogen-bond acceptors (Lipinski definition) is 12. The summed E-state index contributed by atoms with van der Waals surface area (Å²) in [5.41, 5.74) is 8.27. The summed E-state index contributed by atoms with van der Waals surface area (Å²) >= 11 is 0. The summed E-state index contributed by atoms with van der Waals surface area (Å²) in [6.07, 6.45) is -1.67. The molecule has 4 atom stereocenters. The number of benzene rings is 1. The largest absolute Gasteiger partial charge is 0.387 e. The molecule has 1 saturated heterocycles. The van der Waals surface area contributed by atoms with Crippen molar-refractivity contribution < 1.29 is 24.6 Å². The molecule has 0 aliphatic carbocycles. The van der Waals surface area contributed by atoms with Gasteiger partial charge in [0, 0.05) is 25.7 Å². The summed E-state index contributed by atoms with van der Waals surface area (Å²) in [6, 6.07) is 11.6. The van der Waals surface area contributed by atoms with Crippen LogP contribution in [0.15, 0.2) is 47.2 Å². The Morgan fingerprint density at radius 3 is 2.68 bits per heavy atom. The summed E-state index contributed by atoms with van der Waals surface area (Å²) < 4.78 is 13.0. The Morgan fingerprint density at radius 1 is 1.16 bits per heavy atom. The van der Waals surface area contributed by atoms with Crippen LogP contribution in [-0.4, -0.2) is 78.6 Å². The van der Waals surface area contributed by atoms with Crippen molar-refractivity contribution in [2.45, 2.75) is 44.3 Å². The lowest BCUT2D eigenvalue weighted by atomic mass is 10.1. The number of hydrogen-bond donors (Lipinski definition) is 5. The van der Waals surface area contributed by atoms with Crippen LogP contribution in [-0.2, 0) is 17.6 Å². The molecule has 4 aromatic rings. The first kappa shape index (κ1) is 26.0. The van der Waals surface area contributed by atoms with E-state index in [0.29, 0.717) is 55.2 Å². The van der Waals surface area contributed by atoms with E-state index in [4.69, 9.17) is 15.0 Å². The van der Waals surface area contributed by atoms with Crippen LogP contribution in [0.1, 0.15) is 36.3 Å². The Bertz CT molecular complexity index is 1350. The highest BCUT2D eigenvalue weighted by Crippen LogP contribution is 2.40. The van der Waals surface area contributed by atoms with Crippen LogP contribution in [0.2, 0.25) is 0 Å². The number of anilines is 2. The molecule has 1 aliphatic heterocycles. The maximum Gasteiger partial charge on any atom is 0.226 e. The zero-order chi connectivity index (χ0) is 26.6. The molecule has 13 heteroatoms. The highest BCUT2D eigenvalue weighted by molar-refractivity contribution is 5.85. The summed E-state index contributed by atoms with van der Waals surface area (Å²) in [5.74, 6) is 1.03. The Hall–Kier alpha value is -3.62. The van der Waals surface area contributed by atoms with Crippen molar-refractivity contribution in [2.75, 3.05) is 36.6 Å². The lowest BCUT2D eigenvalue weighted by molar-refractivity contribution is -0.0434. The zero-order valence-electron chi connectivity index (χ0n) is 21.0. The number of nitrogens with two attached hydrogens (primary N) is 1. The number of rotatable bonds is 11. The molecule has 0 amide bonds. The van der Waals surface area contributed by atoms with E-state index in [1.807, 2.05) is 37.3 Å². The molecule has 4 heterocycles. The minimum absolute atomic E-state index is 0.283. The monoisotopic (exact) mass is 524 g/mol. The number of nitrogens with one attached hydrogen (secondary N) is 1. The van der Waals surface area contributed by atoms with Crippen molar-refractivity contribution in [3.05, 3.63) is 59.7 Å². The second kappa shape index (κ2) is 11.4. The van der Waals surface area contributed by atoms with E-state index in [2.05, 4.69) is 25.4 Å². The molecular formula is C25H32N8O5. The standard InChI is InChI=1S/C25H32N8O5/c1-2-16-12-17(38-31-16)21-19(35)20(36)24(37-21)33-13-28-18-22(29-25(27-10-9-26)30-23(18)33)32(14-34)11-8-15-6-4-3-5-7-15/h3-7,12-13,19-21,24,34-36H,2,8-11,14,26H2,1H3,(H,27,29,30)/t19-,20+,21+,24+/m0/s1. The van der Waals surface area contributed by atoms with E-state index in [1.165, 1.54) is 6.33 Å². The fraction of sp³-hybridized carbons (Fsp3) is 0.440. The first-order valence-electron chi connectivity index (χ1n) is 12.6. The van der Waals surface area contributed by atoms with E-state index >= 15 is 0 Å². The van der Waals surface area contributed by atoms with Gasteiger partial charge in [-0.15, -0.1) is 0 Å². The lowest BCUT2D eigenvalue weighted by Gasteiger charge is -2.22. The molecule has 5 rings (SSSR count). The van der Waals surface area contributed by atoms with Crippen molar-refractivity contribution in [1.82, 2.24) is 24.7 Å². The second-order valence-electron chi connectivity index (χ2n) is 9.05. The first-order chi connectivity index (χ1) is 18.5. The fourth-order valence-corrected chi connectivity index (χ4v) is 4.48. The SMILES string of the molecule is CCc1cc([C@H]2O[C@@H](n3cnc4c(N(CO)CCc5ccccc5)nc(NCCN)nc43)[C@H](O)[C@@H]2O)on1. The molecule has 3 aromatic heterocycles. The van der Waals surface area contributed by atoms with Crippen LogP contribution in [0.5, 0.6) is 0 Å². The van der Waals surface area contributed by atoms with Gasteiger partial charge in [-0.3, -0.25) is 4.57 Å². The molecule has 6 N–H and O–H groups in total. The lowest BCUT2D eigenvalue weighted by Crippen LogP contribution is -2.29. The van der Waals surface area contributed by atoms with Crippen molar-refractivity contribution in [3.63, 3.8) is 0 Å². The van der Waals surface area contributed by atoms with Gasteiger partial charge in [-0.1, -0.05) is 42.4 Å². The van der Waals surface area contributed by atoms with Gasteiger partial charge in [-0.2, -0.15) is 9.97 Å². The Morgan fingerprint density at radius 2 is 1.97 bits per heavy atom. The van der Waals surface area contributed by atoms with Gasteiger partial charge in [0.2, 0.25) is 5.95 Å². The number of fused-ring (bicyclic) bond motifs is 1. The minimum Gasteiger partial charge on any atom is -0.387 e. The number of aryl methyl sites for hydroxylation is 1. The number of aliphatic hydroxyl groups excluding tert-OH is 3. The van der Waals surface area contributed by atoms with Crippen LogP contribution in [0.4, 0.5) is 11.8 Å². The smallest absolute Gasteiger partial charge is 0.226 e. The third-order valence-corrected chi connectivity index (χ3v) is 6.55. The maximum absolute atomic E-state index is 10.9. The molecule has 0 saturated carbocycles. The molecular weight excluding hydrogens is 492 g/mol.